The third-order valence-corrected chi connectivity index (χ3v) is 4.90. The second-order valence-corrected chi connectivity index (χ2v) is 6.89. The number of amides is 1. The third kappa shape index (κ3) is 3.96. The summed E-state index contributed by atoms with van der Waals surface area (Å²) in [6.45, 7) is 3.61. The standard InChI is InChI=1S/C22H25NO5/c1-14-11-17-7-5-6-8-18(17)23(14)22(25)15(2)28-21(24)13-16-9-10-19(26-3)20(12-16)27-4/h5-10,12,14-15H,11,13H2,1-4H3/t14-,15+/m0/s1. The Hall–Kier alpha value is -3.02. The summed E-state index contributed by atoms with van der Waals surface area (Å²) in [7, 11) is 3.09. The molecule has 0 aromatic heterocycles. The number of ether oxygens (including phenoxy) is 3. The summed E-state index contributed by atoms with van der Waals surface area (Å²) in [6.07, 6.45) is -0.0144. The van der Waals surface area contributed by atoms with Crippen molar-refractivity contribution in [2.24, 2.45) is 0 Å². The zero-order chi connectivity index (χ0) is 20.3. The number of hydrogen-bond acceptors (Lipinski definition) is 5. The van der Waals surface area contributed by atoms with E-state index in [9.17, 15) is 9.59 Å². The summed E-state index contributed by atoms with van der Waals surface area (Å²) in [6, 6.07) is 13.1. The number of fused-ring (bicyclic) bond motifs is 1. The van der Waals surface area contributed by atoms with Gasteiger partial charge in [0.05, 0.1) is 20.6 Å². The maximum Gasteiger partial charge on any atom is 0.311 e. The molecule has 6 heteroatoms. The van der Waals surface area contributed by atoms with Crippen molar-refractivity contribution < 1.29 is 23.8 Å². The van der Waals surface area contributed by atoms with Crippen LogP contribution in [-0.2, 0) is 27.2 Å². The molecule has 1 aliphatic rings. The van der Waals surface area contributed by atoms with Crippen LogP contribution in [0.25, 0.3) is 0 Å². The summed E-state index contributed by atoms with van der Waals surface area (Å²) < 4.78 is 15.9. The van der Waals surface area contributed by atoms with Gasteiger partial charge in [0.2, 0.25) is 0 Å². The molecule has 3 rings (SSSR count). The highest BCUT2D eigenvalue weighted by Gasteiger charge is 2.34. The van der Waals surface area contributed by atoms with E-state index in [-0.39, 0.29) is 18.4 Å². The predicted molar refractivity (Wildman–Crippen MR) is 106 cm³/mol. The Morgan fingerprint density at radius 2 is 1.82 bits per heavy atom. The van der Waals surface area contributed by atoms with Gasteiger partial charge in [-0.25, -0.2) is 0 Å². The van der Waals surface area contributed by atoms with E-state index in [1.54, 1.807) is 37.1 Å². The predicted octanol–water partition coefficient (Wildman–Crippen LogP) is 3.16. The van der Waals surface area contributed by atoms with E-state index in [0.29, 0.717) is 11.5 Å². The van der Waals surface area contributed by atoms with E-state index in [1.165, 1.54) is 7.11 Å². The minimum absolute atomic E-state index is 0.0388. The quantitative estimate of drug-likeness (QED) is 0.717. The first-order chi connectivity index (χ1) is 13.4. The number of nitrogens with zero attached hydrogens (tertiary/aromatic N) is 1. The summed E-state index contributed by atoms with van der Waals surface area (Å²) in [4.78, 5) is 27.0. The first-order valence-corrected chi connectivity index (χ1v) is 9.26. The van der Waals surface area contributed by atoms with Crippen LogP contribution < -0.4 is 14.4 Å². The number of methoxy groups -OCH3 is 2. The van der Waals surface area contributed by atoms with Crippen molar-refractivity contribution in [1.29, 1.82) is 0 Å². The topological polar surface area (TPSA) is 65.1 Å². The molecule has 1 aliphatic heterocycles. The van der Waals surface area contributed by atoms with Crippen LogP contribution >= 0.6 is 0 Å². The molecule has 28 heavy (non-hydrogen) atoms. The first-order valence-electron chi connectivity index (χ1n) is 9.26. The number of hydrogen-bond donors (Lipinski definition) is 0. The number of rotatable bonds is 6. The lowest BCUT2D eigenvalue weighted by Crippen LogP contribution is -2.43. The second kappa shape index (κ2) is 8.33. The maximum atomic E-state index is 12.9. The van der Waals surface area contributed by atoms with E-state index in [2.05, 4.69) is 0 Å². The fourth-order valence-electron chi connectivity index (χ4n) is 3.54. The lowest BCUT2D eigenvalue weighted by molar-refractivity contribution is -0.153. The SMILES string of the molecule is COc1ccc(CC(=O)O[C@H](C)C(=O)N2c3ccccc3C[C@@H]2C)cc1OC. The van der Waals surface area contributed by atoms with Crippen LogP contribution in [0.5, 0.6) is 11.5 Å². The molecule has 0 saturated carbocycles. The summed E-state index contributed by atoms with van der Waals surface area (Å²) in [5.74, 6) is 0.454. The summed E-state index contributed by atoms with van der Waals surface area (Å²) in [5.41, 5.74) is 2.75. The molecule has 6 nitrogen and oxygen atoms in total. The van der Waals surface area contributed by atoms with Crippen molar-refractivity contribution in [2.45, 2.75) is 38.8 Å². The molecular weight excluding hydrogens is 358 g/mol. The van der Waals surface area contributed by atoms with E-state index >= 15 is 0 Å². The Kier molecular flexibility index (Phi) is 5.87. The number of carbonyl (C=O) groups is 2. The largest absolute Gasteiger partial charge is 0.493 e. The molecule has 148 valence electrons. The normalized spacial score (nSPS) is 16.3. The van der Waals surface area contributed by atoms with Crippen molar-refractivity contribution in [3.8, 4) is 11.5 Å². The van der Waals surface area contributed by atoms with Gasteiger partial charge in [0.1, 0.15) is 0 Å². The van der Waals surface area contributed by atoms with Crippen molar-refractivity contribution in [3.63, 3.8) is 0 Å². The van der Waals surface area contributed by atoms with Crippen molar-refractivity contribution >= 4 is 17.6 Å². The van der Waals surface area contributed by atoms with Crippen LogP contribution in [0.4, 0.5) is 5.69 Å². The van der Waals surface area contributed by atoms with Crippen LogP contribution in [0, 0.1) is 0 Å². The Morgan fingerprint density at radius 1 is 1.11 bits per heavy atom. The lowest BCUT2D eigenvalue weighted by Gasteiger charge is -2.26. The van der Waals surface area contributed by atoms with Gasteiger partial charge in [0, 0.05) is 11.7 Å². The highest BCUT2D eigenvalue weighted by Crippen LogP contribution is 2.32. The zero-order valence-electron chi connectivity index (χ0n) is 16.6. The van der Waals surface area contributed by atoms with Crippen LogP contribution in [0.2, 0.25) is 0 Å². The van der Waals surface area contributed by atoms with E-state index in [1.807, 2.05) is 31.2 Å². The number of carbonyl (C=O) groups excluding carboxylic acids is 2. The Labute approximate surface area is 165 Å². The van der Waals surface area contributed by atoms with Crippen LogP contribution in [0.3, 0.4) is 0 Å². The minimum Gasteiger partial charge on any atom is -0.493 e. The summed E-state index contributed by atoms with van der Waals surface area (Å²) in [5, 5.41) is 0. The third-order valence-electron chi connectivity index (χ3n) is 4.90. The molecule has 2 atom stereocenters. The van der Waals surface area contributed by atoms with Gasteiger partial charge in [-0.3, -0.25) is 9.59 Å². The number of anilines is 1. The van der Waals surface area contributed by atoms with Crippen LogP contribution in [0.15, 0.2) is 42.5 Å². The molecule has 2 aromatic rings. The lowest BCUT2D eigenvalue weighted by atomic mass is 10.1. The maximum absolute atomic E-state index is 12.9. The molecule has 0 N–H and O–H groups in total. The Bertz CT molecular complexity index is 879. The van der Waals surface area contributed by atoms with E-state index in [0.717, 1.165) is 23.2 Å². The molecule has 0 bridgehead atoms. The Balaban J connectivity index is 1.65. The van der Waals surface area contributed by atoms with Gasteiger partial charge < -0.3 is 19.1 Å². The fraction of sp³-hybridized carbons (Fsp3) is 0.364. The molecule has 2 aromatic carbocycles. The molecule has 0 fully saturated rings. The molecule has 1 amide bonds. The van der Waals surface area contributed by atoms with Crippen molar-refractivity contribution in [1.82, 2.24) is 0 Å². The minimum atomic E-state index is -0.860. The van der Waals surface area contributed by atoms with Crippen molar-refractivity contribution in [3.05, 3.63) is 53.6 Å². The van der Waals surface area contributed by atoms with E-state index in [4.69, 9.17) is 14.2 Å². The van der Waals surface area contributed by atoms with Gasteiger partial charge in [-0.1, -0.05) is 24.3 Å². The van der Waals surface area contributed by atoms with Gasteiger partial charge in [0.25, 0.3) is 5.91 Å². The Morgan fingerprint density at radius 3 is 2.54 bits per heavy atom. The fourth-order valence-corrected chi connectivity index (χ4v) is 3.54. The number of esters is 1. The smallest absolute Gasteiger partial charge is 0.311 e. The van der Waals surface area contributed by atoms with Crippen molar-refractivity contribution in [2.75, 3.05) is 19.1 Å². The number of benzene rings is 2. The van der Waals surface area contributed by atoms with Gasteiger partial charge in [0.15, 0.2) is 17.6 Å². The molecule has 0 saturated heterocycles. The van der Waals surface area contributed by atoms with Gasteiger partial charge >= 0.3 is 5.97 Å². The highest BCUT2D eigenvalue weighted by molar-refractivity contribution is 5.99. The average molecular weight is 383 g/mol. The molecule has 0 radical (unpaired) electrons. The molecule has 0 spiro atoms. The van der Waals surface area contributed by atoms with Gasteiger partial charge in [-0.05, 0) is 49.6 Å². The first kappa shape index (κ1) is 19.7. The second-order valence-electron chi connectivity index (χ2n) is 6.89. The highest BCUT2D eigenvalue weighted by atomic mass is 16.5. The van der Waals surface area contributed by atoms with Crippen LogP contribution in [0.1, 0.15) is 25.0 Å². The number of para-hydroxylation sites is 1. The monoisotopic (exact) mass is 383 g/mol. The average Bonchev–Trinajstić information content (AvgIpc) is 3.02. The van der Waals surface area contributed by atoms with E-state index < -0.39 is 12.1 Å². The van der Waals surface area contributed by atoms with Crippen LogP contribution in [-0.4, -0.2) is 38.2 Å². The molecular formula is C22H25NO5. The van der Waals surface area contributed by atoms with Gasteiger partial charge in [-0.2, -0.15) is 0 Å². The summed E-state index contributed by atoms with van der Waals surface area (Å²) >= 11 is 0. The molecule has 0 unspecified atom stereocenters. The zero-order valence-corrected chi connectivity index (χ0v) is 16.6. The molecule has 0 aliphatic carbocycles. The molecule has 1 heterocycles. The van der Waals surface area contributed by atoms with Gasteiger partial charge in [-0.15, -0.1) is 0 Å².